The van der Waals surface area contributed by atoms with E-state index >= 15 is 0 Å². The number of carbonyl (C=O) groups is 1. The zero-order valence-corrected chi connectivity index (χ0v) is 11.5. The fourth-order valence-corrected chi connectivity index (χ4v) is 3.26. The number of aliphatic hydroxyl groups excluding tert-OH is 1. The monoisotopic (exact) mass is 269 g/mol. The molecule has 1 saturated carbocycles. The molecule has 1 amide bonds. The van der Waals surface area contributed by atoms with Gasteiger partial charge in [-0.2, -0.15) is 0 Å². The first kappa shape index (κ1) is 13.4. The maximum Gasteiger partial charge on any atom is 0.265 e. The number of hydrogen-bond donors (Lipinski definition) is 2. The van der Waals surface area contributed by atoms with Gasteiger partial charge in [-0.15, -0.1) is 11.3 Å². The van der Waals surface area contributed by atoms with Gasteiger partial charge in [0, 0.05) is 17.3 Å². The van der Waals surface area contributed by atoms with Gasteiger partial charge in [-0.1, -0.05) is 6.42 Å². The summed E-state index contributed by atoms with van der Waals surface area (Å²) in [5.41, 5.74) is 0. The third-order valence-corrected chi connectivity index (χ3v) is 4.42. The molecule has 1 aromatic rings. The van der Waals surface area contributed by atoms with E-state index in [0.29, 0.717) is 17.2 Å². The summed E-state index contributed by atoms with van der Waals surface area (Å²) in [7, 11) is 1.57. The molecule has 4 nitrogen and oxygen atoms in total. The molecule has 2 N–H and O–H groups in total. The highest BCUT2D eigenvalue weighted by molar-refractivity contribution is 7.14. The highest BCUT2D eigenvalue weighted by Gasteiger charge is 2.26. The lowest BCUT2D eigenvalue weighted by Crippen LogP contribution is -2.32. The molecule has 5 heteroatoms. The molecule has 2 atom stereocenters. The Labute approximate surface area is 111 Å². The van der Waals surface area contributed by atoms with Crippen molar-refractivity contribution in [3.63, 3.8) is 0 Å². The predicted octanol–water partition coefficient (Wildman–Crippen LogP) is 1.96. The van der Waals surface area contributed by atoms with Crippen molar-refractivity contribution >= 4 is 17.2 Å². The topological polar surface area (TPSA) is 58.6 Å². The third kappa shape index (κ3) is 2.84. The number of carbonyl (C=O) groups excluding carboxylic acids is 1. The van der Waals surface area contributed by atoms with Crippen LogP contribution in [0.2, 0.25) is 0 Å². The van der Waals surface area contributed by atoms with Crippen molar-refractivity contribution in [1.29, 1.82) is 0 Å². The van der Waals surface area contributed by atoms with Gasteiger partial charge in [0.2, 0.25) is 0 Å². The largest absolute Gasteiger partial charge is 0.495 e. The zero-order valence-electron chi connectivity index (χ0n) is 10.7. The number of nitrogens with one attached hydrogen (secondary N) is 1. The molecule has 2 unspecified atom stereocenters. The summed E-state index contributed by atoms with van der Waals surface area (Å²) < 4.78 is 5.18. The molecule has 1 aliphatic carbocycles. The van der Waals surface area contributed by atoms with Crippen LogP contribution in [-0.2, 0) is 0 Å². The van der Waals surface area contributed by atoms with Crippen molar-refractivity contribution < 1.29 is 14.6 Å². The molecule has 0 aromatic carbocycles. The molecule has 0 aliphatic heterocycles. The lowest BCUT2D eigenvalue weighted by atomic mass is 10.1. The van der Waals surface area contributed by atoms with Gasteiger partial charge in [0.15, 0.2) is 0 Å². The van der Waals surface area contributed by atoms with Gasteiger partial charge in [0.05, 0.1) is 13.2 Å². The number of thiophene rings is 1. The minimum atomic E-state index is -0.266. The van der Waals surface area contributed by atoms with E-state index in [1.54, 1.807) is 7.11 Å². The lowest BCUT2D eigenvalue weighted by Gasteiger charge is -2.14. The summed E-state index contributed by atoms with van der Waals surface area (Å²) in [6.45, 7) is 2.49. The van der Waals surface area contributed by atoms with Crippen LogP contribution in [0.15, 0.2) is 6.07 Å². The van der Waals surface area contributed by atoms with E-state index < -0.39 is 0 Å². The second-order valence-corrected chi connectivity index (χ2v) is 5.98. The summed E-state index contributed by atoms with van der Waals surface area (Å²) in [5.74, 6) is 0.715. The molecule has 1 heterocycles. The first-order valence-corrected chi connectivity index (χ1v) is 7.04. The smallest absolute Gasteiger partial charge is 0.265 e. The van der Waals surface area contributed by atoms with Gasteiger partial charge in [0.1, 0.15) is 10.6 Å². The Hall–Kier alpha value is -1.07. The Kier molecular flexibility index (Phi) is 4.24. The van der Waals surface area contributed by atoms with Gasteiger partial charge in [-0.3, -0.25) is 4.79 Å². The zero-order chi connectivity index (χ0) is 13.1. The molecule has 0 saturated heterocycles. The van der Waals surface area contributed by atoms with Gasteiger partial charge in [-0.05, 0) is 25.8 Å². The standard InChI is InChI=1S/C13H19NO3S/c1-8-6-11(17-2)12(18-8)13(16)14-7-9-4-3-5-10(9)15/h6,9-10,15H,3-5,7H2,1-2H3,(H,14,16). The van der Waals surface area contributed by atoms with Gasteiger partial charge >= 0.3 is 0 Å². The van der Waals surface area contributed by atoms with E-state index in [0.717, 1.165) is 24.1 Å². The summed E-state index contributed by atoms with van der Waals surface area (Å²) in [5, 5.41) is 12.6. The maximum atomic E-state index is 12.0. The molecule has 0 bridgehead atoms. The van der Waals surface area contributed by atoms with Crippen LogP contribution in [0, 0.1) is 12.8 Å². The lowest BCUT2D eigenvalue weighted by molar-refractivity contribution is 0.0918. The fourth-order valence-electron chi connectivity index (χ4n) is 2.36. The van der Waals surface area contributed by atoms with E-state index in [1.165, 1.54) is 11.3 Å². The normalized spacial score (nSPS) is 23.1. The van der Waals surface area contributed by atoms with Crippen molar-refractivity contribution in [3.8, 4) is 5.75 Å². The fraction of sp³-hybridized carbons (Fsp3) is 0.615. The number of amides is 1. The van der Waals surface area contributed by atoms with Crippen LogP contribution in [0.1, 0.15) is 33.8 Å². The molecule has 0 spiro atoms. The number of methoxy groups -OCH3 is 1. The quantitative estimate of drug-likeness (QED) is 0.878. The minimum Gasteiger partial charge on any atom is -0.495 e. The van der Waals surface area contributed by atoms with Crippen LogP contribution < -0.4 is 10.1 Å². The molecule has 18 heavy (non-hydrogen) atoms. The number of aryl methyl sites for hydroxylation is 1. The van der Waals surface area contributed by atoms with Gasteiger partial charge < -0.3 is 15.2 Å². The Bertz CT molecular complexity index is 430. The average molecular weight is 269 g/mol. The van der Waals surface area contributed by atoms with Crippen molar-refractivity contribution in [2.24, 2.45) is 5.92 Å². The first-order chi connectivity index (χ1) is 8.61. The number of rotatable bonds is 4. The van der Waals surface area contributed by atoms with Crippen LogP contribution in [0.5, 0.6) is 5.75 Å². The number of aliphatic hydroxyl groups is 1. The van der Waals surface area contributed by atoms with E-state index in [-0.39, 0.29) is 17.9 Å². The van der Waals surface area contributed by atoms with Gasteiger partial charge in [0.25, 0.3) is 5.91 Å². The van der Waals surface area contributed by atoms with Crippen LogP contribution in [0.4, 0.5) is 0 Å². The molecule has 1 fully saturated rings. The third-order valence-electron chi connectivity index (χ3n) is 3.39. The van der Waals surface area contributed by atoms with E-state index in [4.69, 9.17) is 4.74 Å². The predicted molar refractivity (Wildman–Crippen MR) is 71.3 cm³/mol. The summed E-state index contributed by atoms with van der Waals surface area (Å²) in [6, 6.07) is 1.87. The van der Waals surface area contributed by atoms with Gasteiger partial charge in [-0.25, -0.2) is 0 Å². The highest BCUT2D eigenvalue weighted by Crippen LogP contribution is 2.29. The van der Waals surface area contributed by atoms with Crippen molar-refractivity contribution in [2.75, 3.05) is 13.7 Å². The maximum absolute atomic E-state index is 12.0. The van der Waals surface area contributed by atoms with Crippen LogP contribution >= 0.6 is 11.3 Å². The Morgan fingerprint density at radius 2 is 2.39 bits per heavy atom. The Balaban J connectivity index is 1.94. The number of hydrogen-bond acceptors (Lipinski definition) is 4. The Morgan fingerprint density at radius 3 is 3.00 bits per heavy atom. The average Bonchev–Trinajstić information content (AvgIpc) is 2.92. The van der Waals surface area contributed by atoms with Crippen molar-refractivity contribution in [1.82, 2.24) is 5.32 Å². The molecular weight excluding hydrogens is 250 g/mol. The van der Waals surface area contributed by atoms with Crippen molar-refractivity contribution in [3.05, 3.63) is 15.8 Å². The molecule has 1 aliphatic rings. The highest BCUT2D eigenvalue weighted by atomic mass is 32.1. The van der Waals surface area contributed by atoms with Crippen LogP contribution in [0.3, 0.4) is 0 Å². The van der Waals surface area contributed by atoms with Crippen LogP contribution in [0.25, 0.3) is 0 Å². The molecule has 2 rings (SSSR count). The first-order valence-electron chi connectivity index (χ1n) is 6.22. The van der Waals surface area contributed by atoms with Crippen LogP contribution in [-0.4, -0.2) is 30.8 Å². The Morgan fingerprint density at radius 1 is 1.61 bits per heavy atom. The second kappa shape index (κ2) is 5.71. The van der Waals surface area contributed by atoms with E-state index in [9.17, 15) is 9.90 Å². The molecule has 100 valence electrons. The SMILES string of the molecule is COc1cc(C)sc1C(=O)NCC1CCCC1O. The summed E-state index contributed by atoms with van der Waals surface area (Å²) in [6.07, 6.45) is 2.62. The van der Waals surface area contributed by atoms with Crippen molar-refractivity contribution in [2.45, 2.75) is 32.3 Å². The van der Waals surface area contributed by atoms with E-state index in [2.05, 4.69) is 5.32 Å². The summed E-state index contributed by atoms with van der Waals surface area (Å²) in [4.78, 5) is 13.7. The number of ether oxygens (including phenoxy) is 1. The van der Waals surface area contributed by atoms with E-state index in [1.807, 2.05) is 13.0 Å². The molecule has 0 radical (unpaired) electrons. The molecular formula is C13H19NO3S. The minimum absolute atomic E-state index is 0.107. The summed E-state index contributed by atoms with van der Waals surface area (Å²) >= 11 is 1.43. The molecule has 1 aromatic heterocycles. The second-order valence-electron chi connectivity index (χ2n) is 4.72.